The van der Waals surface area contributed by atoms with Crippen molar-refractivity contribution >= 4 is 5.91 Å². The Bertz CT molecular complexity index is 660. The van der Waals surface area contributed by atoms with E-state index < -0.39 is 12.0 Å². The Morgan fingerprint density at radius 2 is 2.39 bits per heavy atom. The molecule has 2 aromatic rings. The number of nitrogens with one attached hydrogen (secondary N) is 1. The molecule has 0 radical (unpaired) electrons. The molecule has 0 aromatic carbocycles. The van der Waals surface area contributed by atoms with Gasteiger partial charge < -0.3 is 15.3 Å². The van der Waals surface area contributed by atoms with Crippen LogP contribution < -0.4 is 5.32 Å². The lowest BCUT2D eigenvalue weighted by Crippen LogP contribution is -2.48. The highest BCUT2D eigenvalue weighted by Crippen LogP contribution is 2.17. The topological polar surface area (TPSA) is 96.2 Å². The van der Waals surface area contributed by atoms with Crippen molar-refractivity contribution in [3.63, 3.8) is 0 Å². The van der Waals surface area contributed by atoms with Gasteiger partial charge in [0.15, 0.2) is 5.82 Å². The largest absolute Gasteiger partial charge is 0.392 e. The number of aliphatic hydroxyl groups excluding tert-OH is 1. The third kappa shape index (κ3) is 3.54. The molecular weight excluding hydrogens is 296 g/mol. The predicted octanol–water partition coefficient (Wildman–Crippen LogP) is -0.409. The van der Waals surface area contributed by atoms with Gasteiger partial charge in [-0.3, -0.25) is 4.79 Å². The highest BCUT2D eigenvalue weighted by Gasteiger charge is 2.31. The summed E-state index contributed by atoms with van der Waals surface area (Å²) >= 11 is 0. The molecule has 1 saturated heterocycles. The molecule has 8 heteroatoms. The number of rotatable bonds is 4. The van der Waals surface area contributed by atoms with Gasteiger partial charge in [-0.1, -0.05) is 6.07 Å². The molecule has 1 aliphatic heterocycles. The zero-order valence-electron chi connectivity index (χ0n) is 13.0. The van der Waals surface area contributed by atoms with Crippen LogP contribution in [0.3, 0.4) is 0 Å². The monoisotopic (exact) mass is 316 g/mol. The number of hydrogen-bond donors (Lipinski definition) is 2. The van der Waals surface area contributed by atoms with E-state index in [-0.39, 0.29) is 5.91 Å². The highest BCUT2D eigenvalue weighted by molar-refractivity contribution is 5.79. The van der Waals surface area contributed by atoms with Gasteiger partial charge in [-0.25, -0.2) is 14.6 Å². The van der Waals surface area contributed by atoms with E-state index >= 15 is 0 Å². The summed E-state index contributed by atoms with van der Waals surface area (Å²) in [5.41, 5.74) is 0.838. The second kappa shape index (κ2) is 6.84. The zero-order chi connectivity index (χ0) is 16.2. The maximum Gasteiger partial charge on any atom is 0.227 e. The van der Waals surface area contributed by atoms with Gasteiger partial charge in [0, 0.05) is 31.4 Å². The normalized spacial score (nSPS) is 22.0. The van der Waals surface area contributed by atoms with Crippen molar-refractivity contribution in [1.82, 2.24) is 30.0 Å². The summed E-state index contributed by atoms with van der Waals surface area (Å²) in [6.45, 7) is 1.70. The molecule has 1 aliphatic rings. The second-order valence-corrected chi connectivity index (χ2v) is 5.77. The Hall–Kier alpha value is -2.32. The zero-order valence-corrected chi connectivity index (χ0v) is 13.0. The summed E-state index contributed by atoms with van der Waals surface area (Å²) in [6.07, 6.45) is 4.70. The van der Waals surface area contributed by atoms with E-state index in [2.05, 4.69) is 25.3 Å². The number of aliphatic hydroxyl groups is 1. The molecular formula is C15H20N6O2. The molecule has 122 valence electrons. The number of likely N-dealkylation sites (tertiary alicyclic amines) is 1. The smallest absolute Gasteiger partial charge is 0.227 e. The van der Waals surface area contributed by atoms with Crippen molar-refractivity contribution in [2.24, 2.45) is 5.92 Å². The summed E-state index contributed by atoms with van der Waals surface area (Å²) in [4.78, 5) is 22.6. The Morgan fingerprint density at radius 1 is 1.52 bits per heavy atom. The highest BCUT2D eigenvalue weighted by atomic mass is 16.3. The van der Waals surface area contributed by atoms with E-state index in [0.717, 1.165) is 12.1 Å². The van der Waals surface area contributed by atoms with Gasteiger partial charge in [0.05, 0.1) is 12.0 Å². The van der Waals surface area contributed by atoms with E-state index in [1.807, 2.05) is 19.2 Å². The van der Waals surface area contributed by atoms with E-state index in [1.54, 1.807) is 17.2 Å². The fraction of sp³-hybridized carbons (Fsp3) is 0.467. The molecule has 0 saturated carbocycles. The summed E-state index contributed by atoms with van der Waals surface area (Å²) in [7, 11) is 1.95. The Kier molecular flexibility index (Phi) is 4.63. The van der Waals surface area contributed by atoms with Gasteiger partial charge in [0.2, 0.25) is 5.91 Å². The molecule has 0 aliphatic carbocycles. The fourth-order valence-electron chi connectivity index (χ4n) is 2.77. The Morgan fingerprint density at radius 3 is 3.17 bits per heavy atom. The number of pyridine rings is 1. The molecule has 1 amide bonds. The van der Waals surface area contributed by atoms with Crippen molar-refractivity contribution < 1.29 is 9.90 Å². The van der Waals surface area contributed by atoms with Gasteiger partial charge in [0.25, 0.3) is 0 Å². The van der Waals surface area contributed by atoms with E-state index in [4.69, 9.17) is 0 Å². The van der Waals surface area contributed by atoms with Crippen molar-refractivity contribution in [2.45, 2.75) is 19.1 Å². The minimum absolute atomic E-state index is 0.141. The molecule has 8 nitrogen and oxygen atoms in total. The third-order valence-corrected chi connectivity index (χ3v) is 4.07. The van der Waals surface area contributed by atoms with Crippen LogP contribution in [0.1, 0.15) is 12.0 Å². The number of amides is 1. The molecule has 0 spiro atoms. The van der Waals surface area contributed by atoms with Gasteiger partial charge in [-0.05, 0) is 19.5 Å². The number of hydrogen-bond acceptors (Lipinski definition) is 6. The van der Waals surface area contributed by atoms with Crippen molar-refractivity contribution in [3.8, 4) is 5.82 Å². The fourth-order valence-corrected chi connectivity index (χ4v) is 2.77. The number of piperidine rings is 1. The number of carbonyl (C=O) groups excluding carboxylic acids is 1. The van der Waals surface area contributed by atoms with Gasteiger partial charge in [-0.15, -0.1) is 0 Å². The lowest BCUT2D eigenvalue weighted by atomic mass is 9.94. The standard InChI is InChI=1S/C15H20N6O2/c1-20-6-4-13(22)12(8-20)15(23)18-7-11-3-2-5-17-14(11)21-10-16-9-19-21/h2-3,5,9-10,12-13,22H,4,6-8H2,1H3,(H,18,23)/t12-,13+/m1/s1. The van der Waals surface area contributed by atoms with E-state index in [1.165, 1.54) is 6.33 Å². The van der Waals surface area contributed by atoms with Crippen molar-refractivity contribution in [1.29, 1.82) is 0 Å². The quantitative estimate of drug-likeness (QED) is 0.796. The van der Waals surface area contributed by atoms with Crippen LogP contribution in [0, 0.1) is 5.92 Å². The SMILES string of the molecule is CN1CC[C@H](O)[C@H](C(=O)NCc2cccnc2-n2cncn2)C1. The summed E-state index contributed by atoms with van der Waals surface area (Å²) < 4.78 is 1.56. The first-order chi connectivity index (χ1) is 11.1. The van der Waals surface area contributed by atoms with Crippen LogP contribution in [0.4, 0.5) is 0 Å². The van der Waals surface area contributed by atoms with Crippen LogP contribution in [-0.4, -0.2) is 61.9 Å². The summed E-state index contributed by atoms with van der Waals surface area (Å²) in [5.74, 6) is 0.0873. The summed E-state index contributed by atoms with van der Waals surface area (Å²) in [5, 5.41) is 17.0. The maximum atomic E-state index is 12.4. The molecule has 23 heavy (non-hydrogen) atoms. The van der Waals surface area contributed by atoms with Gasteiger partial charge in [-0.2, -0.15) is 5.10 Å². The van der Waals surface area contributed by atoms with Crippen molar-refractivity contribution in [3.05, 3.63) is 36.5 Å². The van der Waals surface area contributed by atoms with Gasteiger partial charge in [0.1, 0.15) is 12.7 Å². The van der Waals surface area contributed by atoms with Crippen LogP contribution in [-0.2, 0) is 11.3 Å². The molecule has 3 rings (SSSR count). The minimum atomic E-state index is -0.588. The second-order valence-electron chi connectivity index (χ2n) is 5.77. The van der Waals surface area contributed by atoms with Crippen LogP contribution in [0.25, 0.3) is 5.82 Å². The van der Waals surface area contributed by atoms with Gasteiger partial charge >= 0.3 is 0 Å². The van der Waals surface area contributed by atoms with E-state index in [9.17, 15) is 9.90 Å². The lowest BCUT2D eigenvalue weighted by molar-refractivity contribution is -0.131. The lowest BCUT2D eigenvalue weighted by Gasteiger charge is -2.32. The predicted molar refractivity (Wildman–Crippen MR) is 82.6 cm³/mol. The Labute approximate surface area is 134 Å². The van der Waals surface area contributed by atoms with Crippen LogP contribution in [0.5, 0.6) is 0 Å². The average Bonchev–Trinajstić information content (AvgIpc) is 3.09. The third-order valence-electron chi connectivity index (χ3n) is 4.07. The molecule has 0 bridgehead atoms. The average molecular weight is 316 g/mol. The first-order valence-electron chi connectivity index (χ1n) is 7.58. The maximum absolute atomic E-state index is 12.4. The molecule has 2 aromatic heterocycles. The molecule has 0 unspecified atom stereocenters. The number of nitrogens with zero attached hydrogens (tertiary/aromatic N) is 5. The minimum Gasteiger partial charge on any atom is -0.392 e. The van der Waals surface area contributed by atoms with Crippen LogP contribution in [0.2, 0.25) is 0 Å². The first kappa shape index (κ1) is 15.6. The summed E-state index contributed by atoms with van der Waals surface area (Å²) in [6, 6.07) is 3.69. The first-order valence-corrected chi connectivity index (χ1v) is 7.58. The van der Waals surface area contributed by atoms with Crippen LogP contribution >= 0.6 is 0 Å². The Balaban J connectivity index is 1.68. The molecule has 2 atom stereocenters. The number of carbonyl (C=O) groups is 1. The molecule has 2 N–H and O–H groups in total. The number of aromatic nitrogens is 4. The molecule has 1 fully saturated rings. The molecule has 3 heterocycles. The van der Waals surface area contributed by atoms with Crippen molar-refractivity contribution in [2.75, 3.05) is 20.1 Å². The van der Waals surface area contributed by atoms with E-state index in [0.29, 0.717) is 25.3 Å². The van der Waals surface area contributed by atoms with Crippen LogP contribution in [0.15, 0.2) is 31.0 Å².